The molecule has 0 aliphatic rings. The first-order valence-corrected chi connectivity index (χ1v) is 6.20. The van der Waals surface area contributed by atoms with Crippen LogP contribution in [0.15, 0.2) is 12.4 Å². The van der Waals surface area contributed by atoms with Crippen LogP contribution >= 0.6 is 0 Å². The predicted molar refractivity (Wildman–Crippen MR) is 67.9 cm³/mol. The van der Waals surface area contributed by atoms with E-state index in [9.17, 15) is 9.59 Å². The normalized spacial score (nSPS) is 11.7. The van der Waals surface area contributed by atoms with Crippen molar-refractivity contribution in [3.63, 3.8) is 0 Å². The number of carbonyl (C=O) groups excluding carboxylic acids is 2. The lowest BCUT2D eigenvalue weighted by Gasteiger charge is -2.13. The van der Waals surface area contributed by atoms with Crippen molar-refractivity contribution in [1.82, 2.24) is 9.97 Å². The van der Waals surface area contributed by atoms with E-state index in [2.05, 4.69) is 9.97 Å². The Labute approximate surface area is 112 Å². The van der Waals surface area contributed by atoms with Crippen LogP contribution in [0.3, 0.4) is 0 Å². The first kappa shape index (κ1) is 15.1. The first-order valence-electron chi connectivity index (χ1n) is 6.20. The molecule has 1 atom stereocenters. The molecule has 1 aromatic heterocycles. The van der Waals surface area contributed by atoms with Crippen molar-refractivity contribution in [3.8, 4) is 5.88 Å². The summed E-state index contributed by atoms with van der Waals surface area (Å²) < 4.78 is 9.85. The third-order valence-electron chi connectivity index (χ3n) is 2.57. The van der Waals surface area contributed by atoms with Gasteiger partial charge in [-0.2, -0.15) is 0 Å². The molecule has 0 aromatic carbocycles. The monoisotopic (exact) mass is 266 g/mol. The quantitative estimate of drug-likeness (QED) is 0.424. The Balaban J connectivity index is 2.94. The maximum Gasteiger partial charge on any atom is 0.316 e. The lowest BCUT2D eigenvalue weighted by atomic mass is 9.96. The van der Waals surface area contributed by atoms with Crippen molar-refractivity contribution >= 4 is 11.8 Å². The highest BCUT2D eigenvalue weighted by molar-refractivity contribution is 6.07. The van der Waals surface area contributed by atoms with E-state index in [0.29, 0.717) is 12.8 Å². The number of rotatable bonds is 7. The summed E-state index contributed by atoms with van der Waals surface area (Å²) >= 11 is 0. The molecule has 0 amide bonds. The Morgan fingerprint density at radius 1 is 1.32 bits per heavy atom. The number of nitrogens with zero attached hydrogens (tertiary/aromatic N) is 2. The molecule has 6 nitrogen and oxygen atoms in total. The van der Waals surface area contributed by atoms with Crippen LogP contribution in [0.5, 0.6) is 5.88 Å². The maximum atomic E-state index is 12.3. The molecule has 1 rings (SSSR count). The average Bonchev–Trinajstić information content (AvgIpc) is 2.44. The van der Waals surface area contributed by atoms with E-state index in [0.717, 1.165) is 0 Å². The highest BCUT2D eigenvalue weighted by Gasteiger charge is 2.29. The summed E-state index contributed by atoms with van der Waals surface area (Å²) in [4.78, 5) is 31.8. The van der Waals surface area contributed by atoms with Gasteiger partial charge in [-0.15, -0.1) is 0 Å². The fraction of sp³-hybridized carbons (Fsp3) is 0.538. The van der Waals surface area contributed by atoms with E-state index in [-0.39, 0.29) is 24.0 Å². The molecule has 104 valence electrons. The Morgan fingerprint density at radius 3 is 2.63 bits per heavy atom. The second kappa shape index (κ2) is 7.45. The van der Waals surface area contributed by atoms with Crippen LogP contribution in [0.2, 0.25) is 0 Å². The van der Waals surface area contributed by atoms with Crippen molar-refractivity contribution in [2.75, 3.05) is 13.7 Å². The molecule has 19 heavy (non-hydrogen) atoms. The Kier molecular flexibility index (Phi) is 5.92. The van der Waals surface area contributed by atoms with Gasteiger partial charge in [-0.1, -0.05) is 13.3 Å². The van der Waals surface area contributed by atoms with Gasteiger partial charge in [0.15, 0.2) is 5.78 Å². The van der Waals surface area contributed by atoms with Gasteiger partial charge in [0.05, 0.1) is 13.7 Å². The molecule has 0 fully saturated rings. The molecule has 6 heteroatoms. The molecular weight excluding hydrogens is 248 g/mol. The molecule has 0 spiro atoms. The van der Waals surface area contributed by atoms with Crippen molar-refractivity contribution in [2.24, 2.45) is 5.92 Å². The summed E-state index contributed by atoms with van der Waals surface area (Å²) in [5.41, 5.74) is 0.165. The SMILES string of the molecule is CCCC(C(=O)OCC)C(=O)c1cc(OC)ncn1. The third-order valence-corrected chi connectivity index (χ3v) is 2.57. The van der Waals surface area contributed by atoms with E-state index in [1.807, 2.05) is 6.92 Å². The molecule has 1 heterocycles. The summed E-state index contributed by atoms with van der Waals surface area (Å²) in [6, 6.07) is 1.42. The average molecular weight is 266 g/mol. The molecule has 0 N–H and O–H groups in total. The van der Waals surface area contributed by atoms with Crippen LogP contribution < -0.4 is 4.74 Å². The fourth-order valence-corrected chi connectivity index (χ4v) is 1.65. The largest absolute Gasteiger partial charge is 0.481 e. The number of esters is 1. The van der Waals surface area contributed by atoms with Gasteiger partial charge in [0.2, 0.25) is 5.88 Å². The minimum atomic E-state index is -0.815. The summed E-state index contributed by atoms with van der Waals surface area (Å²) in [7, 11) is 1.45. The molecule has 0 radical (unpaired) electrons. The number of ketones is 1. The minimum absolute atomic E-state index is 0.165. The first-order chi connectivity index (χ1) is 9.13. The Hall–Kier alpha value is -1.98. The van der Waals surface area contributed by atoms with Crippen LogP contribution in [0.25, 0.3) is 0 Å². The highest BCUT2D eigenvalue weighted by Crippen LogP contribution is 2.17. The second-order valence-electron chi connectivity index (χ2n) is 3.90. The number of Topliss-reactive ketones (excluding diaryl/α,β-unsaturated/α-hetero) is 1. The summed E-state index contributed by atoms with van der Waals surface area (Å²) in [6.45, 7) is 3.86. The molecule has 1 aromatic rings. The number of carbonyl (C=O) groups is 2. The number of methoxy groups -OCH3 is 1. The molecule has 0 saturated carbocycles. The standard InChI is InChI=1S/C13H18N2O4/c1-4-6-9(13(17)19-5-2)12(16)10-7-11(18-3)15-8-14-10/h7-9H,4-6H2,1-3H3. The fourth-order valence-electron chi connectivity index (χ4n) is 1.65. The second-order valence-corrected chi connectivity index (χ2v) is 3.90. The van der Waals surface area contributed by atoms with E-state index in [4.69, 9.17) is 9.47 Å². The topological polar surface area (TPSA) is 78.4 Å². The van der Waals surface area contributed by atoms with E-state index < -0.39 is 11.9 Å². The summed E-state index contributed by atoms with van der Waals surface area (Å²) in [5, 5.41) is 0. The zero-order valence-electron chi connectivity index (χ0n) is 11.4. The molecule has 0 saturated heterocycles. The van der Waals surface area contributed by atoms with Gasteiger partial charge in [0, 0.05) is 6.07 Å². The molecule has 0 aliphatic heterocycles. The number of hydrogen-bond acceptors (Lipinski definition) is 6. The molecular formula is C13H18N2O4. The van der Waals surface area contributed by atoms with E-state index in [1.165, 1.54) is 19.5 Å². The van der Waals surface area contributed by atoms with Gasteiger partial charge in [-0.25, -0.2) is 9.97 Å². The molecule has 1 unspecified atom stereocenters. The zero-order chi connectivity index (χ0) is 14.3. The van der Waals surface area contributed by atoms with E-state index >= 15 is 0 Å². The van der Waals surface area contributed by atoms with Gasteiger partial charge in [0.25, 0.3) is 0 Å². The van der Waals surface area contributed by atoms with Gasteiger partial charge in [-0.05, 0) is 13.3 Å². The smallest absolute Gasteiger partial charge is 0.316 e. The summed E-state index contributed by atoms with van der Waals surface area (Å²) in [5.74, 6) is -1.39. The maximum absolute atomic E-state index is 12.3. The summed E-state index contributed by atoms with van der Waals surface area (Å²) in [6.07, 6.45) is 2.38. The van der Waals surface area contributed by atoms with Crippen molar-refractivity contribution in [3.05, 3.63) is 18.1 Å². The number of aromatic nitrogens is 2. The molecule has 0 aliphatic carbocycles. The van der Waals surface area contributed by atoms with Crippen LogP contribution in [0, 0.1) is 5.92 Å². The van der Waals surface area contributed by atoms with Gasteiger partial charge >= 0.3 is 5.97 Å². The molecule has 0 bridgehead atoms. The zero-order valence-corrected chi connectivity index (χ0v) is 11.4. The van der Waals surface area contributed by atoms with Crippen molar-refractivity contribution in [1.29, 1.82) is 0 Å². The Morgan fingerprint density at radius 2 is 2.05 bits per heavy atom. The van der Waals surface area contributed by atoms with Gasteiger partial charge in [-0.3, -0.25) is 9.59 Å². The van der Waals surface area contributed by atoms with Crippen molar-refractivity contribution < 1.29 is 19.1 Å². The van der Waals surface area contributed by atoms with Crippen LogP contribution in [0.1, 0.15) is 37.2 Å². The third kappa shape index (κ3) is 4.01. The van der Waals surface area contributed by atoms with Crippen LogP contribution in [0.4, 0.5) is 0 Å². The van der Waals surface area contributed by atoms with Gasteiger partial charge in [0.1, 0.15) is 17.9 Å². The number of hydrogen-bond donors (Lipinski definition) is 0. The minimum Gasteiger partial charge on any atom is -0.481 e. The van der Waals surface area contributed by atoms with Crippen LogP contribution in [-0.4, -0.2) is 35.4 Å². The Bertz CT molecular complexity index is 448. The van der Waals surface area contributed by atoms with E-state index in [1.54, 1.807) is 6.92 Å². The number of ether oxygens (including phenoxy) is 2. The highest BCUT2D eigenvalue weighted by atomic mass is 16.5. The van der Waals surface area contributed by atoms with Gasteiger partial charge < -0.3 is 9.47 Å². The predicted octanol–water partition coefficient (Wildman–Crippen LogP) is 1.65. The van der Waals surface area contributed by atoms with Crippen molar-refractivity contribution in [2.45, 2.75) is 26.7 Å². The lowest BCUT2D eigenvalue weighted by molar-refractivity contribution is -0.146. The lowest BCUT2D eigenvalue weighted by Crippen LogP contribution is -2.27. The van der Waals surface area contributed by atoms with Crippen LogP contribution in [-0.2, 0) is 9.53 Å².